The zero-order chi connectivity index (χ0) is 12.1. The quantitative estimate of drug-likeness (QED) is 0.642. The molecule has 0 spiro atoms. The normalized spacial score (nSPS) is 9.69. The number of rotatable bonds is 4. The average Bonchev–Trinajstić information content (AvgIpc) is 2.29. The Hall–Kier alpha value is -1.55. The van der Waals surface area contributed by atoms with E-state index in [1.54, 1.807) is 12.1 Å². The topological polar surface area (TPSA) is 55.4 Å². The molecular weight excluding hydrogens is 230 g/mol. The fourth-order valence-electron chi connectivity index (χ4n) is 1.25. The lowest BCUT2D eigenvalue weighted by Crippen LogP contribution is -2.23. The molecule has 0 aliphatic heterocycles. The number of amides is 1. The zero-order valence-electron chi connectivity index (χ0n) is 9.04. The van der Waals surface area contributed by atoms with Gasteiger partial charge in [0.15, 0.2) is 0 Å². The lowest BCUT2D eigenvalue weighted by atomic mass is 10.1. The maximum atomic E-state index is 10.8. The second kappa shape index (κ2) is 5.51. The summed E-state index contributed by atoms with van der Waals surface area (Å²) in [6.07, 6.45) is 0.224. The SMILES string of the molecule is COc1cc(C)c(Cl)cc1CNC(=O)C=O. The van der Waals surface area contributed by atoms with E-state index in [-0.39, 0.29) is 12.8 Å². The summed E-state index contributed by atoms with van der Waals surface area (Å²) in [6, 6.07) is 3.49. The van der Waals surface area contributed by atoms with E-state index in [0.29, 0.717) is 10.8 Å². The largest absolute Gasteiger partial charge is 0.496 e. The Morgan fingerprint density at radius 1 is 1.56 bits per heavy atom. The van der Waals surface area contributed by atoms with Crippen LogP contribution in [-0.2, 0) is 16.1 Å². The molecular formula is C11H12ClNO3. The van der Waals surface area contributed by atoms with Crippen molar-refractivity contribution in [2.45, 2.75) is 13.5 Å². The van der Waals surface area contributed by atoms with E-state index in [1.165, 1.54) is 7.11 Å². The van der Waals surface area contributed by atoms with Crippen LogP contribution in [0.5, 0.6) is 5.75 Å². The highest BCUT2D eigenvalue weighted by Gasteiger charge is 2.08. The number of hydrogen-bond acceptors (Lipinski definition) is 3. The summed E-state index contributed by atoms with van der Waals surface area (Å²) < 4.78 is 5.15. The van der Waals surface area contributed by atoms with Gasteiger partial charge in [0.2, 0.25) is 6.29 Å². The monoisotopic (exact) mass is 241 g/mol. The smallest absolute Gasteiger partial charge is 0.284 e. The molecule has 0 saturated heterocycles. The third kappa shape index (κ3) is 2.97. The van der Waals surface area contributed by atoms with Gasteiger partial charge in [0.05, 0.1) is 7.11 Å². The molecule has 1 aromatic carbocycles. The van der Waals surface area contributed by atoms with Crippen LogP contribution < -0.4 is 10.1 Å². The number of aryl methyl sites for hydroxylation is 1. The van der Waals surface area contributed by atoms with Crippen LogP contribution in [0.1, 0.15) is 11.1 Å². The van der Waals surface area contributed by atoms with Crippen LogP contribution >= 0.6 is 11.6 Å². The fourth-order valence-corrected chi connectivity index (χ4v) is 1.43. The third-order valence-electron chi connectivity index (χ3n) is 2.12. The first-order chi connectivity index (χ1) is 7.58. The van der Waals surface area contributed by atoms with E-state index in [2.05, 4.69) is 5.32 Å². The molecule has 0 aliphatic rings. The summed E-state index contributed by atoms with van der Waals surface area (Å²) in [5, 5.41) is 3.02. The van der Waals surface area contributed by atoms with Gasteiger partial charge in [-0.05, 0) is 24.6 Å². The van der Waals surface area contributed by atoms with Crippen molar-refractivity contribution in [3.63, 3.8) is 0 Å². The van der Waals surface area contributed by atoms with E-state index in [9.17, 15) is 9.59 Å². The van der Waals surface area contributed by atoms with Crippen molar-refractivity contribution < 1.29 is 14.3 Å². The molecule has 1 amide bonds. The van der Waals surface area contributed by atoms with Gasteiger partial charge in [-0.3, -0.25) is 9.59 Å². The maximum Gasteiger partial charge on any atom is 0.284 e. The zero-order valence-corrected chi connectivity index (χ0v) is 9.80. The van der Waals surface area contributed by atoms with Gasteiger partial charge in [0, 0.05) is 17.1 Å². The minimum atomic E-state index is -0.668. The Labute approximate surface area is 98.5 Å². The van der Waals surface area contributed by atoms with E-state index in [1.807, 2.05) is 6.92 Å². The number of carbonyl (C=O) groups excluding carboxylic acids is 2. The van der Waals surface area contributed by atoms with Gasteiger partial charge in [-0.15, -0.1) is 0 Å². The molecule has 1 N–H and O–H groups in total. The molecule has 0 aromatic heterocycles. The number of hydrogen-bond donors (Lipinski definition) is 1. The first-order valence-electron chi connectivity index (χ1n) is 4.64. The predicted molar refractivity (Wildman–Crippen MR) is 60.7 cm³/mol. The second-order valence-electron chi connectivity index (χ2n) is 3.25. The molecule has 4 nitrogen and oxygen atoms in total. The maximum absolute atomic E-state index is 10.8. The number of methoxy groups -OCH3 is 1. The van der Waals surface area contributed by atoms with Gasteiger partial charge in [0.1, 0.15) is 5.75 Å². The summed E-state index contributed by atoms with van der Waals surface area (Å²) in [7, 11) is 1.54. The Kier molecular flexibility index (Phi) is 4.31. The molecule has 0 bridgehead atoms. The summed E-state index contributed by atoms with van der Waals surface area (Å²) in [5.74, 6) is -0.0353. The third-order valence-corrected chi connectivity index (χ3v) is 2.53. The van der Waals surface area contributed by atoms with Gasteiger partial charge in [-0.2, -0.15) is 0 Å². The standard InChI is InChI=1S/C11H12ClNO3/c1-7-3-10(16-2)8(4-9(7)12)5-13-11(15)6-14/h3-4,6H,5H2,1-2H3,(H,13,15). The number of carbonyl (C=O) groups is 2. The number of nitrogens with one attached hydrogen (secondary N) is 1. The van der Waals surface area contributed by atoms with Crippen molar-refractivity contribution in [1.82, 2.24) is 5.32 Å². The van der Waals surface area contributed by atoms with Crippen molar-refractivity contribution in [3.05, 3.63) is 28.3 Å². The lowest BCUT2D eigenvalue weighted by molar-refractivity contribution is -0.131. The molecule has 0 radical (unpaired) electrons. The van der Waals surface area contributed by atoms with Crippen molar-refractivity contribution in [3.8, 4) is 5.75 Å². The minimum absolute atomic E-state index is 0.209. The minimum Gasteiger partial charge on any atom is -0.496 e. The summed E-state index contributed by atoms with van der Waals surface area (Å²) >= 11 is 5.95. The first kappa shape index (κ1) is 12.5. The Balaban J connectivity index is 2.89. The van der Waals surface area contributed by atoms with Gasteiger partial charge in [0.25, 0.3) is 5.91 Å². The number of halogens is 1. The molecule has 0 aliphatic carbocycles. The fraction of sp³-hybridized carbons (Fsp3) is 0.273. The molecule has 5 heteroatoms. The van der Waals surface area contributed by atoms with Gasteiger partial charge in [-0.25, -0.2) is 0 Å². The van der Waals surface area contributed by atoms with Crippen molar-refractivity contribution in [2.24, 2.45) is 0 Å². The molecule has 86 valence electrons. The summed E-state index contributed by atoms with van der Waals surface area (Å²) in [4.78, 5) is 20.9. The summed E-state index contributed by atoms with van der Waals surface area (Å²) in [6.45, 7) is 2.07. The van der Waals surface area contributed by atoms with Gasteiger partial charge < -0.3 is 10.1 Å². The van der Waals surface area contributed by atoms with Crippen LogP contribution in [0.2, 0.25) is 5.02 Å². The summed E-state index contributed by atoms with van der Waals surface area (Å²) in [5.41, 5.74) is 1.62. The van der Waals surface area contributed by atoms with Crippen LogP contribution in [0.25, 0.3) is 0 Å². The average molecular weight is 242 g/mol. The Morgan fingerprint density at radius 3 is 2.81 bits per heavy atom. The Bertz CT molecular complexity index is 418. The predicted octanol–water partition coefficient (Wildman–Crippen LogP) is 1.47. The molecule has 0 saturated carbocycles. The van der Waals surface area contributed by atoms with E-state index in [0.717, 1.165) is 11.1 Å². The molecule has 1 rings (SSSR count). The van der Waals surface area contributed by atoms with Gasteiger partial charge in [-0.1, -0.05) is 11.6 Å². The van der Waals surface area contributed by atoms with Gasteiger partial charge >= 0.3 is 0 Å². The number of benzene rings is 1. The van der Waals surface area contributed by atoms with Crippen molar-refractivity contribution in [1.29, 1.82) is 0 Å². The molecule has 0 atom stereocenters. The van der Waals surface area contributed by atoms with Crippen LogP contribution in [0.3, 0.4) is 0 Å². The van der Waals surface area contributed by atoms with Crippen LogP contribution in [0.15, 0.2) is 12.1 Å². The molecule has 0 fully saturated rings. The molecule has 0 unspecified atom stereocenters. The Morgan fingerprint density at radius 2 is 2.25 bits per heavy atom. The number of aldehydes is 1. The lowest BCUT2D eigenvalue weighted by Gasteiger charge is -2.10. The van der Waals surface area contributed by atoms with Crippen LogP contribution in [0.4, 0.5) is 0 Å². The van der Waals surface area contributed by atoms with E-state index < -0.39 is 5.91 Å². The highest BCUT2D eigenvalue weighted by molar-refractivity contribution is 6.31. The second-order valence-corrected chi connectivity index (χ2v) is 3.66. The first-order valence-corrected chi connectivity index (χ1v) is 5.02. The molecule has 0 heterocycles. The number of ether oxygens (including phenoxy) is 1. The molecule has 1 aromatic rings. The van der Waals surface area contributed by atoms with Crippen LogP contribution in [-0.4, -0.2) is 19.3 Å². The molecule has 16 heavy (non-hydrogen) atoms. The van der Waals surface area contributed by atoms with Crippen LogP contribution in [0, 0.1) is 6.92 Å². The van der Waals surface area contributed by atoms with E-state index in [4.69, 9.17) is 16.3 Å². The highest BCUT2D eigenvalue weighted by atomic mass is 35.5. The van der Waals surface area contributed by atoms with Crippen molar-refractivity contribution >= 4 is 23.8 Å². The van der Waals surface area contributed by atoms with Crippen molar-refractivity contribution in [2.75, 3.05) is 7.11 Å². The highest BCUT2D eigenvalue weighted by Crippen LogP contribution is 2.26. The van der Waals surface area contributed by atoms with E-state index >= 15 is 0 Å².